The Morgan fingerprint density at radius 1 is 1.10 bits per heavy atom. The predicted octanol–water partition coefficient (Wildman–Crippen LogP) is 2.25. The highest BCUT2D eigenvalue weighted by Gasteiger charge is 2.12. The number of nitrogen functional groups attached to an aromatic ring is 1. The van der Waals surface area contributed by atoms with E-state index in [2.05, 4.69) is 18.1 Å². The van der Waals surface area contributed by atoms with Crippen molar-refractivity contribution < 1.29 is 9.59 Å². The number of carbonyl (C=O) groups excluding carboxylic acids is 2. The second-order valence-corrected chi connectivity index (χ2v) is 4.68. The molecule has 0 spiro atoms. The molecule has 3 amide bonds. The minimum atomic E-state index is -0.531. The summed E-state index contributed by atoms with van der Waals surface area (Å²) in [5.74, 6) is -0.531. The molecule has 0 aromatic heterocycles. The Morgan fingerprint density at radius 3 is 2.33 bits per heavy atom. The zero-order chi connectivity index (χ0) is 15.4. The standard InChI is InChI=1S/C14H14N4O2S/c15-10-2-1-3-11(8-10)17-14(20)18(21)12-6-4-9(5-7-12)13(16)19/h1-8,21H,15H2,(H2,16,19)(H,17,20). The molecule has 0 unspecified atom stereocenters. The number of primary amides is 1. The van der Waals surface area contributed by atoms with Gasteiger partial charge in [-0.1, -0.05) is 18.9 Å². The van der Waals surface area contributed by atoms with Crippen LogP contribution in [0.4, 0.5) is 21.9 Å². The van der Waals surface area contributed by atoms with Gasteiger partial charge in [-0.2, -0.15) is 0 Å². The van der Waals surface area contributed by atoms with Crippen LogP contribution >= 0.6 is 12.8 Å². The van der Waals surface area contributed by atoms with Crippen molar-refractivity contribution in [1.82, 2.24) is 0 Å². The molecule has 0 fully saturated rings. The smallest absolute Gasteiger partial charge is 0.336 e. The third-order valence-corrected chi connectivity index (χ3v) is 3.14. The molecule has 2 aromatic rings. The summed E-state index contributed by atoms with van der Waals surface area (Å²) in [6.07, 6.45) is 0. The summed E-state index contributed by atoms with van der Waals surface area (Å²) >= 11 is 4.13. The van der Waals surface area contributed by atoms with E-state index in [1.165, 1.54) is 12.1 Å². The number of rotatable bonds is 3. The summed E-state index contributed by atoms with van der Waals surface area (Å²) in [6, 6.07) is 12.5. The summed E-state index contributed by atoms with van der Waals surface area (Å²) in [6.45, 7) is 0. The zero-order valence-corrected chi connectivity index (χ0v) is 11.9. The number of thiol groups is 1. The highest BCUT2D eigenvalue weighted by molar-refractivity contribution is 7.82. The number of anilines is 3. The van der Waals surface area contributed by atoms with Crippen molar-refractivity contribution in [2.75, 3.05) is 15.4 Å². The third kappa shape index (κ3) is 3.67. The van der Waals surface area contributed by atoms with E-state index < -0.39 is 11.9 Å². The zero-order valence-electron chi connectivity index (χ0n) is 11.0. The van der Waals surface area contributed by atoms with Gasteiger partial charge < -0.3 is 16.8 Å². The molecular formula is C14H14N4O2S. The number of hydrogen-bond donors (Lipinski definition) is 4. The number of nitrogens with zero attached hydrogens (tertiary/aromatic N) is 1. The fourth-order valence-corrected chi connectivity index (χ4v) is 1.86. The van der Waals surface area contributed by atoms with Gasteiger partial charge >= 0.3 is 6.03 Å². The van der Waals surface area contributed by atoms with Crippen molar-refractivity contribution in [3.05, 3.63) is 54.1 Å². The van der Waals surface area contributed by atoms with Gasteiger partial charge in [-0.05, 0) is 42.5 Å². The number of carbonyl (C=O) groups is 2. The van der Waals surface area contributed by atoms with Crippen LogP contribution in [0.1, 0.15) is 10.4 Å². The first-order valence-corrected chi connectivity index (χ1v) is 6.43. The van der Waals surface area contributed by atoms with Crippen LogP contribution in [0.3, 0.4) is 0 Å². The van der Waals surface area contributed by atoms with Crippen LogP contribution in [-0.4, -0.2) is 11.9 Å². The van der Waals surface area contributed by atoms with Crippen LogP contribution in [-0.2, 0) is 0 Å². The molecule has 108 valence electrons. The summed E-state index contributed by atoms with van der Waals surface area (Å²) in [5.41, 5.74) is 12.8. The maximum Gasteiger partial charge on any atom is 0.336 e. The Kier molecular flexibility index (Phi) is 4.34. The molecule has 0 bridgehead atoms. The Bertz CT molecular complexity index is 673. The maximum absolute atomic E-state index is 12.0. The molecule has 0 saturated heterocycles. The van der Waals surface area contributed by atoms with Gasteiger partial charge in [0.05, 0.1) is 5.69 Å². The predicted molar refractivity (Wildman–Crippen MR) is 86.3 cm³/mol. The molecular weight excluding hydrogens is 288 g/mol. The topological polar surface area (TPSA) is 101 Å². The molecule has 0 aliphatic rings. The number of benzene rings is 2. The number of hydrogen-bond acceptors (Lipinski definition) is 4. The van der Waals surface area contributed by atoms with E-state index in [4.69, 9.17) is 11.5 Å². The van der Waals surface area contributed by atoms with E-state index in [9.17, 15) is 9.59 Å². The molecule has 7 heteroatoms. The van der Waals surface area contributed by atoms with Gasteiger partial charge in [0.25, 0.3) is 0 Å². The Morgan fingerprint density at radius 2 is 1.76 bits per heavy atom. The van der Waals surface area contributed by atoms with Crippen LogP contribution in [0.5, 0.6) is 0 Å². The van der Waals surface area contributed by atoms with Crippen molar-refractivity contribution in [2.24, 2.45) is 5.73 Å². The highest BCUT2D eigenvalue weighted by atomic mass is 32.1. The summed E-state index contributed by atoms with van der Waals surface area (Å²) in [4.78, 5) is 23.0. The van der Waals surface area contributed by atoms with Gasteiger partial charge in [0.15, 0.2) is 0 Å². The normalized spacial score (nSPS) is 9.95. The first kappa shape index (κ1) is 14.7. The number of nitrogens with two attached hydrogens (primary N) is 2. The van der Waals surface area contributed by atoms with Crippen LogP contribution in [0.25, 0.3) is 0 Å². The number of amides is 3. The molecule has 0 atom stereocenters. The van der Waals surface area contributed by atoms with Crippen molar-refractivity contribution in [3.63, 3.8) is 0 Å². The fraction of sp³-hybridized carbons (Fsp3) is 0. The van der Waals surface area contributed by atoms with Crippen molar-refractivity contribution in [1.29, 1.82) is 0 Å². The van der Waals surface area contributed by atoms with Gasteiger partial charge in [0.2, 0.25) is 5.91 Å². The lowest BCUT2D eigenvalue weighted by atomic mass is 10.2. The van der Waals surface area contributed by atoms with Gasteiger partial charge in [-0.15, -0.1) is 0 Å². The van der Waals surface area contributed by atoms with Crippen LogP contribution in [0, 0.1) is 0 Å². The summed E-state index contributed by atoms with van der Waals surface area (Å²) in [5, 5.41) is 2.66. The van der Waals surface area contributed by atoms with E-state index in [1.54, 1.807) is 36.4 Å². The van der Waals surface area contributed by atoms with Crippen LogP contribution in [0.2, 0.25) is 0 Å². The number of urea groups is 1. The minimum absolute atomic E-state index is 0.358. The van der Waals surface area contributed by atoms with Gasteiger partial charge in [0, 0.05) is 16.9 Å². The average Bonchev–Trinajstić information content (AvgIpc) is 2.46. The first-order chi connectivity index (χ1) is 9.97. The summed E-state index contributed by atoms with van der Waals surface area (Å²) < 4.78 is 1.12. The lowest BCUT2D eigenvalue weighted by Gasteiger charge is -2.17. The highest BCUT2D eigenvalue weighted by Crippen LogP contribution is 2.19. The third-order valence-electron chi connectivity index (χ3n) is 2.73. The lowest BCUT2D eigenvalue weighted by molar-refractivity contribution is 0.100. The fourth-order valence-electron chi connectivity index (χ4n) is 1.68. The van der Waals surface area contributed by atoms with Crippen LogP contribution in [0.15, 0.2) is 48.5 Å². The van der Waals surface area contributed by atoms with Crippen LogP contribution < -0.4 is 21.1 Å². The second-order valence-electron chi connectivity index (χ2n) is 4.28. The molecule has 0 aliphatic carbocycles. The molecule has 0 saturated carbocycles. The first-order valence-electron chi connectivity index (χ1n) is 6.03. The van der Waals surface area contributed by atoms with E-state index in [-0.39, 0.29) is 0 Å². The van der Waals surface area contributed by atoms with Crippen molar-refractivity contribution in [3.8, 4) is 0 Å². The second kappa shape index (κ2) is 6.19. The largest absolute Gasteiger partial charge is 0.399 e. The number of nitrogens with one attached hydrogen (secondary N) is 1. The molecule has 21 heavy (non-hydrogen) atoms. The average molecular weight is 302 g/mol. The molecule has 6 nitrogen and oxygen atoms in total. The molecule has 2 rings (SSSR count). The van der Waals surface area contributed by atoms with Crippen molar-refractivity contribution >= 4 is 41.8 Å². The van der Waals surface area contributed by atoms with Gasteiger partial charge in [-0.25, -0.2) is 9.10 Å². The molecule has 0 aliphatic heterocycles. The Hall–Kier alpha value is -2.67. The van der Waals surface area contributed by atoms with Gasteiger partial charge in [0.1, 0.15) is 0 Å². The molecule has 5 N–H and O–H groups in total. The molecule has 0 heterocycles. The van der Waals surface area contributed by atoms with E-state index in [0.29, 0.717) is 22.6 Å². The quantitative estimate of drug-likeness (QED) is 0.516. The SMILES string of the molecule is NC(=O)c1ccc(N(S)C(=O)Nc2cccc(N)c2)cc1. The summed E-state index contributed by atoms with van der Waals surface area (Å²) in [7, 11) is 0. The monoisotopic (exact) mass is 302 g/mol. The van der Waals surface area contributed by atoms with Crippen molar-refractivity contribution in [2.45, 2.75) is 0 Å². The van der Waals surface area contributed by atoms with E-state index in [1.807, 2.05) is 0 Å². The van der Waals surface area contributed by atoms with E-state index in [0.717, 1.165) is 4.31 Å². The Labute approximate surface area is 127 Å². The lowest BCUT2D eigenvalue weighted by Crippen LogP contribution is -2.26. The maximum atomic E-state index is 12.0. The molecule has 0 radical (unpaired) electrons. The van der Waals surface area contributed by atoms with E-state index >= 15 is 0 Å². The Balaban J connectivity index is 2.10. The van der Waals surface area contributed by atoms with Gasteiger partial charge in [-0.3, -0.25) is 4.79 Å². The molecule has 2 aromatic carbocycles. The minimum Gasteiger partial charge on any atom is -0.399 e.